The average molecular weight is 901 g/mol. The van der Waals surface area contributed by atoms with Crippen LogP contribution in [0.25, 0.3) is 11.3 Å². The van der Waals surface area contributed by atoms with Gasteiger partial charge in [-0.2, -0.15) is 27.0 Å². The van der Waals surface area contributed by atoms with Gasteiger partial charge in [-0.1, -0.05) is 55.5 Å². The van der Waals surface area contributed by atoms with Crippen molar-refractivity contribution in [3.05, 3.63) is 95.1 Å². The van der Waals surface area contributed by atoms with E-state index in [4.69, 9.17) is 19.2 Å². The summed E-state index contributed by atoms with van der Waals surface area (Å²) in [6.45, 7) is 7.99. The lowest BCUT2D eigenvalue weighted by Crippen LogP contribution is -2.36. The lowest BCUT2D eigenvalue weighted by Gasteiger charge is -2.17. The Morgan fingerprint density at radius 1 is 0.871 bits per heavy atom. The van der Waals surface area contributed by atoms with Crippen molar-refractivity contribution in [3.63, 3.8) is 0 Å². The molecule has 2 saturated heterocycles. The number of fused-ring (bicyclic) bond motifs is 1. The van der Waals surface area contributed by atoms with Gasteiger partial charge >= 0.3 is 5.91 Å². The summed E-state index contributed by atoms with van der Waals surface area (Å²) in [4.78, 5) is 47.4. The monoisotopic (exact) mass is 900 g/mol. The van der Waals surface area contributed by atoms with E-state index in [1.807, 2.05) is 65.0 Å². The maximum absolute atomic E-state index is 13.5. The molecule has 0 radical (unpaired) electrons. The average Bonchev–Trinajstić information content (AvgIpc) is 4.15. The Hall–Kier alpha value is -5.18. The number of hydrogen-bond donors (Lipinski definition) is 5. The molecule has 0 saturated carbocycles. The van der Waals surface area contributed by atoms with E-state index in [-0.39, 0.29) is 17.5 Å². The molecule has 62 heavy (non-hydrogen) atoms. The lowest BCUT2D eigenvalue weighted by atomic mass is 10.0. The molecular formula is C43H52N10O6S3. The Kier molecular flexibility index (Phi) is 16.9. The molecule has 3 atom stereocenters. The number of rotatable bonds is 25. The smallest absolute Gasteiger partial charge is 0.303 e. The zero-order chi connectivity index (χ0) is 42.9. The van der Waals surface area contributed by atoms with E-state index < -0.39 is 5.91 Å². The van der Waals surface area contributed by atoms with Gasteiger partial charge in [0.15, 0.2) is 5.71 Å². The number of amides is 3. The molecule has 2 aromatic heterocycles. The first-order chi connectivity index (χ1) is 30.4. The first-order valence-electron chi connectivity index (χ1n) is 20.8. The standard InChI is InChI=1S/C43H52N10O6S3/c1-29-47-34-28-61-35(38(34)48-29)11-5-6-12-36(54)44-17-7-20-57-22-24-59-25-23-58-21-8-18-45-40(55)32-15-13-30(14-16-32)33-27-62-43(49-33)53-41(56)39(50-51-42-46-19-26-60-42)37(52-53)31-9-3-2-4-10-31/h2-4,9-10,13-16,19,26-27,34-35,38,47-48H,1,5-8,11-12,17-18,20-25,28H2,(H,44,54)(H,45,55)(H,46,51)/b50-39-/t34?,35-,38?/m1/s1. The Bertz CT molecular complexity index is 2150. The number of hydrazone groups is 2. The quantitative estimate of drug-likeness (QED) is 0.0430. The highest BCUT2D eigenvalue weighted by atomic mass is 32.2. The molecule has 328 valence electrons. The molecule has 16 nitrogen and oxygen atoms in total. The van der Waals surface area contributed by atoms with Crippen molar-refractivity contribution in [3.8, 4) is 11.3 Å². The van der Waals surface area contributed by atoms with Gasteiger partial charge < -0.3 is 35.5 Å². The highest BCUT2D eigenvalue weighted by Crippen LogP contribution is 2.34. The Labute approximate surface area is 373 Å². The number of carbonyl (C=O) groups is 3. The predicted octanol–water partition coefficient (Wildman–Crippen LogP) is 5.24. The maximum atomic E-state index is 13.5. The van der Waals surface area contributed by atoms with Gasteiger partial charge in [0, 0.05) is 77.4 Å². The van der Waals surface area contributed by atoms with E-state index in [9.17, 15) is 14.4 Å². The molecule has 4 aromatic rings. The number of nitrogens with one attached hydrogen (secondary N) is 5. The number of thiazole rings is 2. The van der Waals surface area contributed by atoms with Crippen molar-refractivity contribution in [1.82, 2.24) is 31.2 Å². The van der Waals surface area contributed by atoms with E-state index in [2.05, 4.69) is 48.5 Å². The van der Waals surface area contributed by atoms with Crippen LogP contribution in [0, 0.1) is 0 Å². The zero-order valence-corrected chi connectivity index (χ0v) is 36.8. The molecule has 2 fully saturated rings. The molecule has 2 aromatic carbocycles. The number of thioether (sulfide) groups is 1. The fourth-order valence-corrected chi connectivity index (χ4v) is 9.77. The number of anilines is 2. The van der Waals surface area contributed by atoms with Crippen molar-refractivity contribution < 1.29 is 28.6 Å². The van der Waals surface area contributed by atoms with Gasteiger partial charge in [-0.15, -0.1) is 22.7 Å². The van der Waals surface area contributed by atoms with E-state index in [0.717, 1.165) is 48.4 Å². The molecular weight excluding hydrogens is 849 g/mol. The summed E-state index contributed by atoms with van der Waals surface area (Å²) in [5.74, 6) is 1.56. The summed E-state index contributed by atoms with van der Waals surface area (Å²) in [5, 5.41) is 28.2. The van der Waals surface area contributed by atoms with Crippen LogP contribution in [0.3, 0.4) is 0 Å². The first-order valence-corrected chi connectivity index (χ1v) is 23.6. The second kappa shape index (κ2) is 23.3. The van der Waals surface area contributed by atoms with Crippen LogP contribution in [0.4, 0.5) is 10.3 Å². The number of unbranched alkanes of at least 4 members (excludes halogenated alkanes) is 1. The summed E-state index contributed by atoms with van der Waals surface area (Å²) < 4.78 is 16.8. The normalized spacial score (nSPS) is 18.7. The largest absolute Gasteiger partial charge is 0.379 e. The van der Waals surface area contributed by atoms with E-state index in [0.29, 0.717) is 110 Å². The first kappa shape index (κ1) is 44.9. The van der Waals surface area contributed by atoms with Gasteiger partial charge in [0.25, 0.3) is 5.91 Å². The molecule has 0 spiro atoms. The van der Waals surface area contributed by atoms with Crippen LogP contribution >= 0.6 is 34.4 Å². The van der Waals surface area contributed by atoms with Crippen LogP contribution in [-0.4, -0.2) is 115 Å². The molecule has 3 amide bonds. The zero-order valence-electron chi connectivity index (χ0n) is 34.4. The van der Waals surface area contributed by atoms with Crippen molar-refractivity contribution in [2.45, 2.75) is 55.9 Å². The molecule has 3 aliphatic heterocycles. The molecule has 3 aliphatic rings. The Morgan fingerprint density at radius 3 is 2.35 bits per heavy atom. The summed E-state index contributed by atoms with van der Waals surface area (Å²) in [5.41, 5.74) is 6.16. The molecule has 0 bridgehead atoms. The SMILES string of the molecule is C=C1NC2CS[C@H](CCCCC(=O)NCCCOCCOCCOCCCNC(=O)c3ccc(-c4csc(N5N=C(c6ccccc6)/C(=N/Nc6nccs6)C5=O)n4)cc3)C2N1. The van der Waals surface area contributed by atoms with Crippen LogP contribution in [0.5, 0.6) is 0 Å². The van der Waals surface area contributed by atoms with Crippen LogP contribution < -0.4 is 31.7 Å². The number of nitrogens with zero attached hydrogens (tertiary/aromatic N) is 5. The fraction of sp³-hybridized carbons (Fsp3) is 0.419. The molecule has 5 heterocycles. The van der Waals surface area contributed by atoms with Crippen molar-refractivity contribution >= 4 is 73.8 Å². The van der Waals surface area contributed by atoms with Crippen LogP contribution in [0.15, 0.2) is 94.2 Å². The Morgan fingerprint density at radius 2 is 1.61 bits per heavy atom. The number of carbonyl (C=O) groups excluding carboxylic acids is 3. The summed E-state index contributed by atoms with van der Waals surface area (Å²) in [6, 6.07) is 17.5. The van der Waals surface area contributed by atoms with Gasteiger partial charge in [0.2, 0.25) is 16.2 Å². The summed E-state index contributed by atoms with van der Waals surface area (Å²) in [6.07, 6.45) is 6.72. The Balaban J connectivity index is 0.701. The maximum Gasteiger partial charge on any atom is 0.303 e. The molecule has 19 heteroatoms. The predicted molar refractivity (Wildman–Crippen MR) is 246 cm³/mol. The van der Waals surface area contributed by atoms with Gasteiger partial charge in [-0.25, -0.2) is 9.97 Å². The molecule has 0 aliphatic carbocycles. The van der Waals surface area contributed by atoms with Gasteiger partial charge in [-0.3, -0.25) is 19.8 Å². The molecule has 7 rings (SSSR count). The topological polar surface area (TPSA) is 193 Å². The number of benzene rings is 2. The van der Waals surface area contributed by atoms with E-state index >= 15 is 0 Å². The van der Waals surface area contributed by atoms with Crippen molar-refractivity contribution in [1.29, 1.82) is 0 Å². The fourth-order valence-electron chi connectivity index (χ4n) is 6.97. The van der Waals surface area contributed by atoms with E-state index in [1.54, 1.807) is 18.3 Å². The minimum absolute atomic E-state index is 0.104. The molecule has 5 N–H and O–H groups in total. The second-order valence-electron chi connectivity index (χ2n) is 14.6. The van der Waals surface area contributed by atoms with E-state index in [1.165, 1.54) is 27.7 Å². The van der Waals surface area contributed by atoms with Crippen LogP contribution in [0.2, 0.25) is 0 Å². The molecule has 2 unspecified atom stereocenters. The van der Waals surface area contributed by atoms with Crippen LogP contribution in [0.1, 0.15) is 54.4 Å². The highest BCUT2D eigenvalue weighted by molar-refractivity contribution is 8.00. The van der Waals surface area contributed by atoms with Gasteiger partial charge in [0.1, 0.15) is 5.71 Å². The minimum Gasteiger partial charge on any atom is -0.379 e. The summed E-state index contributed by atoms with van der Waals surface area (Å²) >= 11 is 4.67. The third-order valence-electron chi connectivity index (χ3n) is 10.1. The number of ether oxygens (including phenoxy) is 3. The second-order valence-corrected chi connectivity index (χ2v) is 17.6. The van der Waals surface area contributed by atoms with Crippen molar-refractivity contribution in [2.75, 3.05) is 68.9 Å². The third kappa shape index (κ3) is 12.7. The highest BCUT2D eigenvalue weighted by Gasteiger charge is 2.40. The van der Waals surface area contributed by atoms with Gasteiger partial charge in [0.05, 0.1) is 50.0 Å². The van der Waals surface area contributed by atoms with Crippen LogP contribution in [-0.2, 0) is 23.8 Å². The summed E-state index contributed by atoms with van der Waals surface area (Å²) in [7, 11) is 0. The number of aromatic nitrogens is 2. The third-order valence-corrected chi connectivity index (χ3v) is 13.1. The van der Waals surface area contributed by atoms with Crippen molar-refractivity contribution in [2.24, 2.45) is 10.2 Å². The minimum atomic E-state index is -0.409. The van der Waals surface area contributed by atoms with Gasteiger partial charge in [-0.05, 0) is 37.8 Å². The number of hydrogen-bond acceptors (Lipinski definition) is 16. The lowest BCUT2D eigenvalue weighted by molar-refractivity contribution is -0.121.